The van der Waals surface area contributed by atoms with Gasteiger partial charge < -0.3 is 9.26 Å². The summed E-state index contributed by atoms with van der Waals surface area (Å²) >= 11 is 5.37. The monoisotopic (exact) mass is 320 g/mol. The van der Waals surface area contributed by atoms with Crippen molar-refractivity contribution >= 4 is 18.5 Å². The Hall–Kier alpha value is -0.750. The van der Waals surface area contributed by atoms with Gasteiger partial charge in [0.1, 0.15) is 0 Å². The van der Waals surface area contributed by atoms with Crippen molar-refractivity contribution in [3.63, 3.8) is 0 Å². The molecule has 0 spiro atoms. The maximum Gasteiger partial charge on any atom is 0.382 e. The van der Waals surface area contributed by atoms with Crippen LogP contribution < -0.4 is 9.26 Å². The van der Waals surface area contributed by atoms with Crippen molar-refractivity contribution in [1.29, 1.82) is 0 Å². The first-order valence-corrected chi connectivity index (χ1v) is 9.03. The van der Waals surface area contributed by atoms with Crippen LogP contribution in [0.1, 0.15) is 34.6 Å². The summed E-state index contributed by atoms with van der Waals surface area (Å²) in [7, 11) is 0. The zero-order valence-electron chi connectivity index (χ0n) is 12.4. The molecule has 1 aromatic rings. The molecule has 0 saturated carbocycles. The van der Waals surface area contributed by atoms with Gasteiger partial charge in [0.25, 0.3) is 0 Å². The van der Waals surface area contributed by atoms with Crippen LogP contribution in [0, 0.1) is 0 Å². The molecule has 0 amide bonds. The van der Waals surface area contributed by atoms with Crippen molar-refractivity contribution in [2.24, 2.45) is 0 Å². The average molecular weight is 320 g/mol. The molecule has 0 atom stereocenters. The average Bonchev–Trinajstić information content (AvgIpc) is 2.29. The highest BCUT2D eigenvalue weighted by Crippen LogP contribution is 2.51. The van der Waals surface area contributed by atoms with E-state index in [0.29, 0.717) is 12.5 Å². The van der Waals surface area contributed by atoms with Crippen LogP contribution in [-0.4, -0.2) is 29.0 Å². The second kappa shape index (κ2) is 7.88. The maximum atomic E-state index is 5.61. The van der Waals surface area contributed by atoms with E-state index in [0.717, 1.165) is 0 Å². The first-order valence-electron chi connectivity index (χ1n) is 6.47. The molecule has 0 bridgehead atoms. The van der Waals surface area contributed by atoms with Crippen molar-refractivity contribution in [3.05, 3.63) is 12.1 Å². The van der Waals surface area contributed by atoms with E-state index in [1.54, 1.807) is 12.1 Å². The summed E-state index contributed by atoms with van der Waals surface area (Å²) in [4.78, 5) is 0. The fraction of sp³-hybridized carbons (Fsp3) is 0.667. The van der Waals surface area contributed by atoms with E-state index in [4.69, 9.17) is 30.1 Å². The van der Waals surface area contributed by atoms with Gasteiger partial charge in [-0.2, -0.15) is 0 Å². The SMILES string of the molecule is CCOc1ccc(OP(=S)(OC(C)C)OC(C)C)nn1. The highest BCUT2D eigenvalue weighted by molar-refractivity contribution is 8.07. The molecule has 20 heavy (non-hydrogen) atoms. The first-order chi connectivity index (χ1) is 9.34. The van der Waals surface area contributed by atoms with Crippen molar-refractivity contribution in [3.8, 4) is 11.8 Å². The Bertz CT molecular complexity index is 439. The molecule has 0 aromatic carbocycles. The molecule has 0 aliphatic carbocycles. The summed E-state index contributed by atoms with van der Waals surface area (Å²) in [6.45, 7) is 7.00. The third-order valence-electron chi connectivity index (χ3n) is 1.79. The lowest BCUT2D eigenvalue weighted by molar-refractivity contribution is 0.139. The largest absolute Gasteiger partial charge is 0.477 e. The van der Waals surface area contributed by atoms with E-state index in [1.165, 1.54) is 0 Å². The molecule has 0 aliphatic heterocycles. The van der Waals surface area contributed by atoms with Crippen molar-refractivity contribution in [2.75, 3.05) is 6.61 Å². The van der Waals surface area contributed by atoms with Crippen molar-refractivity contribution < 1.29 is 18.3 Å². The summed E-state index contributed by atoms with van der Waals surface area (Å²) in [5.74, 6) is 0.695. The maximum absolute atomic E-state index is 5.61. The zero-order valence-corrected chi connectivity index (χ0v) is 14.1. The molecule has 6 nitrogen and oxygen atoms in total. The summed E-state index contributed by atoms with van der Waals surface area (Å²) in [6, 6.07) is 3.29. The van der Waals surface area contributed by atoms with Crippen LogP contribution >= 0.6 is 6.72 Å². The summed E-state index contributed by atoms with van der Waals surface area (Å²) in [5, 5.41) is 7.77. The number of ether oxygens (including phenoxy) is 1. The number of hydrogen-bond donors (Lipinski definition) is 0. The standard InChI is InChI=1S/C12H21N2O4PS/c1-6-15-11-7-8-12(14-13-11)18-19(20,16-9(2)3)17-10(4)5/h7-10H,6H2,1-5H3. The minimum atomic E-state index is -2.89. The molecule has 0 radical (unpaired) electrons. The lowest BCUT2D eigenvalue weighted by atomic mass is 10.5. The first kappa shape index (κ1) is 17.3. The highest BCUT2D eigenvalue weighted by Gasteiger charge is 2.26. The molecule has 1 rings (SSSR count). The van der Waals surface area contributed by atoms with Crippen LogP contribution in [-0.2, 0) is 20.9 Å². The third kappa shape index (κ3) is 6.13. The Morgan fingerprint density at radius 2 is 1.55 bits per heavy atom. The van der Waals surface area contributed by atoms with Gasteiger partial charge in [-0.05, 0) is 34.6 Å². The van der Waals surface area contributed by atoms with Crippen molar-refractivity contribution in [1.82, 2.24) is 10.2 Å². The molecule has 0 N–H and O–H groups in total. The van der Waals surface area contributed by atoms with Gasteiger partial charge >= 0.3 is 6.72 Å². The van der Waals surface area contributed by atoms with Crippen LogP contribution in [0.4, 0.5) is 0 Å². The lowest BCUT2D eigenvalue weighted by Crippen LogP contribution is -2.12. The highest BCUT2D eigenvalue weighted by atomic mass is 32.5. The Labute approximate surface area is 125 Å². The molecule has 1 heterocycles. The molecular weight excluding hydrogens is 299 g/mol. The van der Waals surface area contributed by atoms with Gasteiger partial charge in [0.05, 0.1) is 18.8 Å². The molecule has 0 aliphatic rings. The molecule has 0 unspecified atom stereocenters. The smallest absolute Gasteiger partial charge is 0.382 e. The van der Waals surface area contributed by atoms with E-state index in [2.05, 4.69) is 10.2 Å². The van der Waals surface area contributed by atoms with Gasteiger partial charge in [0.15, 0.2) is 0 Å². The summed E-state index contributed by atoms with van der Waals surface area (Å²) in [5.41, 5.74) is 0. The van der Waals surface area contributed by atoms with Gasteiger partial charge in [-0.25, -0.2) is 0 Å². The second-order valence-electron chi connectivity index (χ2n) is 4.49. The molecule has 1 aromatic heterocycles. The van der Waals surface area contributed by atoms with Gasteiger partial charge in [-0.1, -0.05) is 0 Å². The topological polar surface area (TPSA) is 62.7 Å². The van der Waals surface area contributed by atoms with Crippen molar-refractivity contribution in [2.45, 2.75) is 46.8 Å². The van der Waals surface area contributed by atoms with Crippen LogP contribution in [0.5, 0.6) is 11.8 Å². The molecule has 114 valence electrons. The molecular formula is C12H21N2O4PS. The predicted octanol–water partition coefficient (Wildman–Crippen LogP) is 3.33. The van der Waals surface area contributed by atoms with E-state index in [1.807, 2.05) is 34.6 Å². The van der Waals surface area contributed by atoms with Crippen LogP contribution in [0.25, 0.3) is 0 Å². The van der Waals surface area contributed by atoms with Crippen LogP contribution in [0.15, 0.2) is 12.1 Å². The fourth-order valence-electron chi connectivity index (χ4n) is 1.28. The number of hydrogen-bond acceptors (Lipinski definition) is 7. The normalized spacial score (nSPS) is 11.9. The predicted molar refractivity (Wildman–Crippen MR) is 80.6 cm³/mol. The second-order valence-corrected chi connectivity index (χ2v) is 7.33. The van der Waals surface area contributed by atoms with E-state index < -0.39 is 6.72 Å². The lowest BCUT2D eigenvalue weighted by Gasteiger charge is -2.25. The summed E-state index contributed by atoms with van der Waals surface area (Å²) in [6.07, 6.45) is -0.203. The van der Waals surface area contributed by atoms with Gasteiger partial charge in [-0.15, -0.1) is 10.2 Å². The number of nitrogens with zero attached hydrogens (tertiary/aromatic N) is 2. The van der Waals surface area contributed by atoms with Gasteiger partial charge in [-0.3, -0.25) is 9.05 Å². The van der Waals surface area contributed by atoms with E-state index in [-0.39, 0.29) is 18.1 Å². The Morgan fingerprint density at radius 1 is 1.05 bits per heavy atom. The zero-order chi connectivity index (χ0) is 15.2. The van der Waals surface area contributed by atoms with Crippen LogP contribution in [0.3, 0.4) is 0 Å². The Balaban J connectivity index is 2.80. The number of aromatic nitrogens is 2. The van der Waals surface area contributed by atoms with Gasteiger partial charge in [0, 0.05) is 23.9 Å². The van der Waals surface area contributed by atoms with Gasteiger partial charge in [0.2, 0.25) is 11.8 Å². The summed E-state index contributed by atoms with van der Waals surface area (Å²) < 4.78 is 22.0. The van der Waals surface area contributed by atoms with E-state index >= 15 is 0 Å². The Kier molecular flexibility index (Phi) is 6.82. The Morgan fingerprint density at radius 3 is 1.95 bits per heavy atom. The third-order valence-corrected chi connectivity index (χ3v) is 4.30. The fourth-order valence-corrected chi connectivity index (χ4v) is 4.04. The molecule has 0 saturated heterocycles. The van der Waals surface area contributed by atoms with Crippen LogP contribution in [0.2, 0.25) is 0 Å². The molecule has 8 heteroatoms. The minimum Gasteiger partial charge on any atom is -0.477 e. The number of rotatable bonds is 8. The molecule has 0 fully saturated rings. The van der Waals surface area contributed by atoms with E-state index in [9.17, 15) is 0 Å². The quantitative estimate of drug-likeness (QED) is 0.681. The minimum absolute atomic E-state index is 0.102.